The van der Waals surface area contributed by atoms with Gasteiger partial charge in [0.05, 0.1) is 35.5 Å². The third kappa shape index (κ3) is 5.63. The molecule has 2 aromatic carbocycles. The van der Waals surface area contributed by atoms with Gasteiger partial charge in [-0.15, -0.1) is 0 Å². The van der Waals surface area contributed by atoms with E-state index in [1.807, 2.05) is 30.3 Å². The van der Waals surface area contributed by atoms with Gasteiger partial charge < -0.3 is 10.1 Å². The lowest BCUT2D eigenvalue weighted by atomic mass is 9.94. The van der Waals surface area contributed by atoms with Crippen LogP contribution in [0.25, 0.3) is 5.69 Å². The van der Waals surface area contributed by atoms with E-state index in [0.29, 0.717) is 54.6 Å². The molecule has 2 atom stereocenters. The van der Waals surface area contributed by atoms with Crippen molar-refractivity contribution in [2.45, 2.75) is 23.5 Å². The second-order valence-corrected chi connectivity index (χ2v) is 11.6. The number of ether oxygens (including phenoxy) is 1. The highest BCUT2D eigenvalue weighted by Gasteiger charge is 2.37. The van der Waals surface area contributed by atoms with Gasteiger partial charge in [-0.05, 0) is 29.8 Å². The molecule has 0 spiro atoms. The number of methoxy groups -OCH3 is 1. The number of hydrogen-bond donors (Lipinski definition) is 4. The average molecular weight is 534 g/mol. The number of para-hydroxylation sites is 1. The Balaban J connectivity index is 1.40. The number of halogens is 2. The molecule has 3 aromatic rings. The van der Waals surface area contributed by atoms with Crippen molar-refractivity contribution in [3.63, 3.8) is 0 Å². The first kappa shape index (κ1) is 25.6. The van der Waals surface area contributed by atoms with Crippen molar-refractivity contribution in [2.24, 2.45) is 0 Å². The van der Waals surface area contributed by atoms with Crippen molar-refractivity contribution in [1.29, 1.82) is 0 Å². The fraction of sp³-hybridized carbons (Fsp3) is 0.360. The molecular weight excluding hydrogens is 504 g/mol. The van der Waals surface area contributed by atoms with Gasteiger partial charge in [0.1, 0.15) is 17.5 Å². The zero-order valence-corrected chi connectivity index (χ0v) is 21.0. The molecule has 0 aliphatic carbocycles. The van der Waals surface area contributed by atoms with Crippen molar-refractivity contribution >= 4 is 22.4 Å². The standard InChI is InChI=1S/C25H29F2N5O4S/c1-36-8-7-31-12-20(16-9-17(26)11-18(27)10-16)22(13-31)28-25(33)29-24-21-14-37(34,35)15-23(21)30-32(24)19-5-3-2-4-6-19/h2-6,9-11,20,22,34-35H,7-8,12-15H2,1H3,(H2,28,29,33)/t20-,22+/m0/s1. The molecule has 5 rings (SSSR count). The summed E-state index contributed by atoms with van der Waals surface area (Å²) in [5.74, 6) is -1.29. The predicted octanol–water partition coefficient (Wildman–Crippen LogP) is 4.15. The molecule has 0 unspecified atom stereocenters. The van der Waals surface area contributed by atoms with Gasteiger partial charge >= 0.3 is 6.03 Å². The van der Waals surface area contributed by atoms with Gasteiger partial charge in [-0.2, -0.15) is 15.7 Å². The fourth-order valence-electron chi connectivity index (χ4n) is 5.02. The highest BCUT2D eigenvalue weighted by Crippen LogP contribution is 2.54. The molecule has 0 saturated carbocycles. The van der Waals surface area contributed by atoms with E-state index in [1.165, 1.54) is 12.1 Å². The molecule has 1 saturated heterocycles. The van der Waals surface area contributed by atoms with Crippen LogP contribution in [0.1, 0.15) is 22.7 Å². The molecule has 1 fully saturated rings. The van der Waals surface area contributed by atoms with E-state index in [9.17, 15) is 22.7 Å². The van der Waals surface area contributed by atoms with E-state index in [1.54, 1.807) is 11.8 Å². The molecule has 3 heterocycles. The van der Waals surface area contributed by atoms with Crippen molar-refractivity contribution in [2.75, 3.05) is 38.7 Å². The zero-order chi connectivity index (χ0) is 26.2. The van der Waals surface area contributed by atoms with Crippen molar-refractivity contribution in [3.05, 3.63) is 77.0 Å². The maximum atomic E-state index is 14.0. The second-order valence-electron chi connectivity index (χ2n) is 9.38. The summed E-state index contributed by atoms with van der Waals surface area (Å²) in [7, 11) is -1.25. The molecule has 198 valence electrons. The Morgan fingerprint density at radius 1 is 1.14 bits per heavy atom. The lowest BCUT2D eigenvalue weighted by molar-refractivity contribution is 0.159. The monoisotopic (exact) mass is 533 g/mol. The Morgan fingerprint density at radius 3 is 2.57 bits per heavy atom. The summed E-state index contributed by atoms with van der Waals surface area (Å²) in [6.45, 7) is 2.06. The molecule has 1 aromatic heterocycles. The normalized spacial score (nSPS) is 21.5. The van der Waals surface area contributed by atoms with E-state index in [2.05, 4.69) is 20.6 Å². The zero-order valence-electron chi connectivity index (χ0n) is 20.2. The SMILES string of the molecule is COCCN1C[C@@H](NC(=O)Nc2c3c(nn2-c2ccccc2)CS(O)(O)C3)[C@H](c2cc(F)cc(F)c2)C1. The summed E-state index contributed by atoms with van der Waals surface area (Å²) in [5, 5.41) is 10.4. The number of anilines is 1. The van der Waals surface area contributed by atoms with Gasteiger partial charge in [0.25, 0.3) is 0 Å². The van der Waals surface area contributed by atoms with E-state index in [-0.39, 0.29) is 17.4 Å². The van der Waals surface area contributed by atoms with Gasteiger partial charge in [0, 0.05) is 44.3 Å². The molecule has 2 aliphatic rings. The third-order valence-electron chi connectivity index (χ3n) is 6.68. The number of fused-ring (bicyclic) bond motifs is 1. The second kappa shape index (κ2) is 10.4. The van der Waals surface area contributed by atoms with Gasteiger partial charge in [-0.1, -0.05) is 18.2 Å². The largest absolute Gasteiger partial charge is 0.383 e. The predicted molar refractivity (Wildman–Crippen MR) is 137 cm³/mol. The van der Waals surface area contributed by atoms with E-state index in [0.717, 1.165) is 6.07 Å². The molecule has 0 bridgehead atoms. The summed E-state index contributed by atoms with van der Waals surface area (Å²) >= 11 is 0. The number of carbonyl (C=O) groups is 1. The Kier molecular flexibility index (Phi) is 7.19. The van der Waals surface area contributed by atoms with E-state index in [4.69, 9.17) is 4.74 Å². The van der Waals surface area contributed by atoms with Crippen LogP contribution in [0.4, 0.5) is 19.4 Å². The highest BCUT2D eigenvalue weighted by molar-refractivity contribution is 8.23. The fourth-order valence-corrected chi connectivity index (χ4v) is 6.56. The lowest BCUT2D eigenvalue weighted by Crippen LogP contribution is -2.42. The van der Waals surface area contributed by atoms with Crippen LogP contribution in [-0.2, 0) is 16.2 Å². The van der Waals surface area contributed by atoms with Gasteiger partial charge in [0.15, 0.2) is 0 Å². The number of amides is 2. The minimum atomic E-state index is -2.85. The molecule has 12 heteroatoms. The molecule has 37 heavy (non-hydrogen) atoms. The Labute approximate surface area is 214 Å². The quantitative estimate of drug-likeness (QED) is 0.363. The molecule has 4 N–H and O–H groups in total. The van der Waals surface area contributed by atoms with Crippen LogP contribution < -0.4 is 10.6 Å². The Morgan fingerprint density at radius 2 is 1.86 bits per heavy atom. The summed E-state index contributed by atoms with van der Waals surface area (Å²) in [5.41, 5.74) is 2.28. The Hall–Kier alpha value is -3.03. The highest BCUT2D eigenvalue weighted by atomic mass is 32.3. The van der Waals surface area contributed by atoms with Gasteiger partial charge in [-0.3, -0.25) is 19.3 Å². The first-order chi connectivity index (χ1) is 17.7. The summed E-state index contributed by atoms with van der Waals surface area (Å²) in [6.07, 6.45) is 0. The topological polar surface area (TPSA) is 112 Å². The molecule has 0 radical (unpaired) electrons. The molecule has 2 aliphatic heterocycles. The number of nitrogens with zero attached hydrogens (tertiary/aromatic N) is 3. The van der Waals surface area contributed by atoms with E-state index >= 15 is 0 Å². The first-order valence-electron chi connectivity index (χ1n) is 11.9. The van der Waals surface area contributed by atoms with Gasteiger partial charge in [0.2, 0.25) is 0 Å². The Bertz CT molecular complexity index is 1270. The van der Waals surface area contributed by atoms with Gasteiger partial charge in [-0.25, -0.2) is 18.3 Å². The average Bonchev–Trinajstić information content (AvgIpc) is 3.48. The molecule has 2 amide bonds. The number of hydrogen-bond acceptors (Lipinski definition) is 6. The van der Waals surface area contributed by atoms with Crippen LogP contribution in [0.2, 0.25) is 0 Å². The lowest BCUT2D eigenvalue weighted by Gasteiger charge is -2.26. The summed E-state index contributed by atoms with van der Waals surface area (Å²) in [6, 6.07) is 11.7. The first-order valence-corrected chi connectivity index (χ1v) is 13.8. The van der Waals surface area contributed by atoms with Crippen LogP contribution in [-0.4, -0.2) is 69.2 Å². The van der Waals surface area contributed by atoms with E-state index < -0.39 is 34.3 Å². The number of aromatic nitrogens is 2. The molecule has 9 nitrogen and oxygen atoms in total. The minimum Gasteiger partial charge on any atom is -0.383 e. The number of carbonyl (C=O) groups excluding carboxylic acids is 1. The maximum Gasteiger partial charge on any atom is 0.320 e. The maximum absolute atomic E-state index is 14.0. The van der Waals surface area contributed by atoms with Crippen LogP contribution in [0.5, 0.6) is 0 Å². The number of nitrogens with one attached hydrogen (secondary N) is 2. The molecular formula is C25H29F2N5O4S. The summed E-state index contributed by atoms with van der Waals surface area (Å²) in [4.78, 5) is 15.3. The summed E-state index contributed by atoms with van der Waals surface area (Å²) < 4.78 is 55.2. The number of likely N-dealkylation sites (tertiary alicyclic amines) is 1. The minimum absolute atomic E-state index is 0.00417. The van der Waals surface area contributed by atoms with Crippen molar-refractivity contribution in [3.8, 4) is 5.69 Å². The smallest absolute Gasteiger partial charge is 0.320 e. The van der Waals surface area contributed by atoms with Crippen molar-refractivity contribution < 1.29 is 27.4 Å². The van der Waals surface area contributed by atoms with Crippen molar-refractivity contribution in [1.82, 2.24) is 20.0 Å². The van der Waals surface area contributed by atoms with Crippen LogP contribution in [0.3, 0.4) is 0 Å². The van der Waals surface area contributed by atoms with Crippen LogP contribution in [0.15, 0.2) is 48.5 Å². The number of rotatable bonds is 7. The van der Waals surface area contributed by atoms with Crippen LogP contribution in [0, 0.1) is 11.6 Å². The van der Waals surface area contributed by atoms with Crippen LogP contribution >= 0.6 is 10.6 Å². The third-order valence-corrected chi connectivity index (χ3v) is 8.17. The number of urea groups is 1. The number of benzene rings is 2.